The first-order chi connectivity index (χ1) is 15.7. The molecule has 0 aromatic heterocycles. The monoisotopic (exact) mass is 472 g/mol. The second-order valence-electron chi connectivity index (χ2n) is 9.10. The number of aliphatic hydroxyl groups excluding tert-OH is 2. The smallest absolute Gasteiger partial charge is 0.119 e. The highest BCUT2D eigenvalue weighted by molar-refractivity contribution is 5.43. The molecule has 0 radical (unpaired) electrons. The van der Waals surface area contributed by atoms with Crippen LogP contribution in [-0.4, -0.2) is 81.4 Å². The van der Waals surface area contributed by atoms with E-state index in [4.69, 9.17) is 29.2 Å². The highest BCUT2D eigenvalue weighted by Gasteiger charge is 2.25. The van der Waals surface area contributed by atoms with E-state index in [0.29, 0.717) is 58.6 Å². The third-order valence-electron chi connectivity index (χ3n) is 5.86. The molecule has 33 heavy (non-hydrogen) atoms. The maximum absolute atomic E-state index is 10.0. The van der Waals surface area contributed by atoms with Gasteiger partial charge in [0.05, 0.1) is 66.1 Å². The molecule has 1 aromatic rings. The van der Waals surface area contributed by atoms with Gasteiger partial charge in [0.1, 0.15) is 5.75 Å². The molecule has 0 saturated heterocycles. The molecule has 0 aliphatic heterocycles. The largest absolute Gasteiger partial charge is 0.508 e. The highest BCUT2D eigenvalue weighted by atomic mass is 16.6. The lowest BCUT2D eigenvalue weighted by molar-refractivity contribution is -0.00856. The van der Waals surface area contributed by atoms with Gasteiger partial charge in [-0.05, 0) is 40.9 Å². The van der Waals surface area contributed by atoms with Gasteiger partial charge in [-0.15, -0.1) is 0 Å². The number of hydrogen-bond acceptors (Lipinski definition) is 7. The first-order valence-electron chi connectivity index (χ1n) is 12.0. The van der Waals surface area contributed by atoms with Gasteiger partial charge < -0.3 is 34.3 Å². The van der Waals surface area contributed by atoms with Gasteiger partial charge in [0.15, 0.2) is 0 Å². The Morgan fingerprint density at radius 2 is 1.03 bits per heavy atom. The van der Waals surface area contributed by atoms with Crippen LogP contribution in [0.4, 0.5) is 0 Å². The van der Waals surface area contributed by atoms with E-state index in [1.807, 2.05) is 12.1 Å². The third kappa shape index (κ3) is 13.9. The number of aromatic hydroxyl groups is 1. The van der Waals surface area contributed by atoms with Crippen molar-refractivity contribution in [2.24, 2.45) is 0 Å². The van der Waals surface area contributed by atoms with E-state index in [1.165, 1.54) is 5.56 Å². The van der Waals surface area contributed by atoms with Gasteiger partial charge in [-0.25, -0.2) is 0 Å². The van der Waals surface area contributed by atoms with E-state index >= 15 is 0 Å². The molecule has 0 fully saturated rings. The quantitative estimate of drug-likeness (QED) is 0.297. The van der Waals surface area contributed by atoms with Gasteiger partial charge in [0, 0.05) is 0 Å². The summed E-state index contributed by atoms with van der Waals surface area (Å²) in [6, 6.07) is 6.08. The number of phenolic OH excluding ortho intramolecular Hbond substituents is 1. The molecular weight excluding hydrogens is 424 g/mol. The zero-order valence-corrected chi connectivity index (χ0v) is 21.7. The minimum atomic E-state index is 0.0317. The van der Waals surface area contributed by atoms with E-state index in [-0.39, 0.29) is 24.0 Å². The molecule has 7 heteroatoms. The van der Waals surface area contributed by atoms with Gasteiger partial charge in [-0.2, -0.15) is 0 Å². The van der Waals surface area contributed by atoms with Gasteiger partial charge in [-0.1, -0.05) is 53.7 Å². The van der Waals surface area contributed by atoms with Crippen LogP contribution in [0.1, 0.15) is 65.5 Å². The van der Waals surface area contributed by atoms with Crippen LogP contribution >= 0.6 is 0 Å². The van der Waals surface area contributed by atoms with Crippen molar-refractivity contribution in [2.45, 2.75) is 65.2 Å². The molecule has 0 spiro atoms. The summed E-state index contributed by atoms with van der Waals surface area (Å²) in [7, 11) is 0. The minimum absolute atomic E-state index is 0.0317. The van der Waals surface area contributed by atoms with Crippen LogP contribution in [-0.2, 0) is 29.8 Å². The van der Waals surface area contributed by atoms with Crippen LogP contribution in [0.3, 0.4) is 0 Å². The summed E-state index contributed by atoms with van der Waals surface area (Å²) in [5, 5.41) is 26.9. The Morgan fingerprint density at radius 1 is 0.636 bits per heavy atom. The molecule has 0 aliphatic rings. The van der Waals surface area contributed by atoms with Crippen molar-refractivity contribution in [3.8, 4) is 5.75 Å². The zero-order chi connectivity index (χ0) is 25.2. The number of ether oxygens (including phenoxy) is 4. The lowest BCUT2D eigenvalue weighted by Gasteiger charge is -2.29. The normalized spacial score (nSPS) is 11.9. The van der Waals surface area contributed by atoms with Crippen molar-refractivity contribution in [1.29, 1.82) is 0 Å². The van der Waals surface area contributed by atoms with Crippen molar-refractivity contribution in [2.75, 3.05) is 66.1 Å². The van der Waals surface area contributed by atoms with Gasteiger partial charge >= 0.3 is 0 Å². The molecule has 1 rings (SSSR count). The Balaban J connectivity index is 0.000000622. The molecular formula is C26H48O7. The Morgan fingerprint density at radius 3 is 1.39 bits per heavy atom. The van der Waals surface area contributed by atoms with Crippen LogP contribution < -0.4 is 0 Å². The summed E-state index contributed by atoms with van der Waals surface area (Å²) in [4.78, 5) is 0. The standard InChI is InChI=1S/C16H26O.C10H22O6/c1-7-15(3,4)12-9-10-14(17)13(11-12)16(5,6)8-2;11-1-3-13-5-7-15-9-10-16-8-6-14-4-2-12/h9-11,17H,7-8H2,1-6H3;11-12H,1-10H2. The fourth-order valence-corrected chi connectivity index (χ4v) is 2.78. The second kappa shape index (κ2) is 18.2. The zero-order valence-electron chi connectivity index (χ0n) is 21.7. The summed E-state index contributed by atoms with van der Waals surface area (Å²) in [6.07, 6.45) is 2.13. The number of benzene rings is 1. The number of aliphatic hydroxyl groups is 2. The van der Waals surface area contributed by atoms with Crippen molar-refractivity contribution in [3.63, 3.8) is 0 Å². The summed E-state index contributed by atoms with van der Waals surface area (Å²) in [6.45, 7) is 17.0. The number of phenols is 1. The Bertz CT molecular complexity index is 588. The van der Waals surface area contributed by atoms with Crippen LogP contribution in [0, 0.1) is 0 Å². The van der Waals surface area contributed by atoms with E-state index in [1.54, 1.807) is 0 Å². The van der Waals surface area contributed by atoms with Crippen LogP contribution in [0.25, 0.3) is 0 Å². The Hall–Kier alpha value is -1.22. The average molecular weight is 473 g/mol. The summed E-state index contributed by atoms with van der Waals surface area (Å²) < 4.78 is 20.4. The Labute approximate surface area is 201 Å². The molecule has 0 aliphatic carbocycles. The van der Waals surface area contributed by atoms with E-state index in [9.17, 15) is 5.11 Å². The molecule has 0 heterocycles. The van der Waals surface area contributed by atoms with Gasteiger partial charge in [0.2, 0.25) is 0 Å². The van der Waals surface area contributed by atoms with E-state index < -0.39 is 0 Å². The average Bonchev–Trinajstić information content (AvgIpc) is 2.80. The molecule has 0 atom stereocenters. The molecule has 0 saturated carbocycles. The molecule has 0 unspecified atom stereocenters. The second-order valence-corrected chi connectivity index (χ2v) is 9.10. The van der Waals surface area contributed by atoms with Gasteiger partial charge in [-0.3, -0.25) is 0 Å². The number of hydrogen-bond donors (Lipinski definition) is 3. The van der Waals surface area contributed by atoms with Gasteiger partial charge in [0.25, 0.3) is 0 Å². The van der Waals surface area contributed by atoms with Crippen LogP contribution in [0.15, 0.2) is 18.2 Å². The molecule has 3 N–H and O–H groups in total. The summed E-state index contributed by atoms with van der Waals surface area (Å²) in [5.41, 5.74) is 2.59. The van der Waals surface area contributed by atoms with Crippen molar-refractivity contribution < 1.29 is 34.3 Å². The predicted octanol–water partition coefficient (Wildman–Crippen LogP) is 3.80. The number of rotatable bonds is 17. The summed E-state index contributed by atoms with van der Waals surface area (Å²) >= 11 is 0. The maximum Gasteiger partial charge on any atom is 0.119 e. The topological polar surface area (TPSA) is 97.6 Å². The van der Waals surface area contributed by atoms with Crippen molar-refractivity contribution in [1.82, 2.24) is 0 Å². The van der Waals surface area contributed by atoms with E-state index in [2.05, 4.69) is 47.6 Å². The predicted molar refractivity (Wildman–Crippen MR) is 132 cm³/mol. The molecule has 0 bridgehead atoms. The lowest BCUT2D eigenvalue weighted by Crippen LogP contribution is -2.20. The lowest BCUT2D eigenvalue weighted by atomic mass is 9.76. The first-order valence-corrected chi connectivity index (χ1v) is 12.0. The van der Waals surface area contributed by atoms with Crippen molar-refractivity contribution in [3.05, 3.63) is 29.3 Å². The fourth-order valence-electron chi connectivity index (χ4n) is 2.78. The van der Waals surface area contributed by atoms with Crippen LogP contribution in [0.5, 0.6) is 5.75 Å². The van der Waals surface area contributed by atoms with Crippen molar-refractivity contribution >= 4 is 0 Å². The molecule has 0 amide bonds. The van der Waals surface area contributed by atoms with Crippen LogP contribution in [0.2, 0.25) is 0 Å². The fraction of sp³-hybridized carbons (Fsp3) is 0.769. The summed E-state index contributed by atoms with van der Waals surface area (Å²) in [5.74, 6) is 0.424. The SMILES string of the molecule is CCC(C)(C)c1ccc(O)c(C(C)(C)CC)c1.OCCOCCOCCOCCOCCO. The highest BCUT2D eigenvalue weighted by Crippen LogP contribution is 2.37. The molecule has 7 nitrogen and oxygen atoms in total. The maximum atomic E-state index is 10.0. The minimum Gasteiger partial charge on any atom is -0.508 e. The third-order valence-corrected chi connectivity index (χ3v) is 5.86. The van der Waals surface area contributed by atoms with E-state index in [0.717, 1.165) is 18.4 Å². The molecule has 194 valence electrons. The Kier molecular flexibility index (Phi) is 17.5. The molecule has 1 aromatic carbocycles. The first kappa shape index (κ1) is 31.8.